The van der Waals surface area contributed by atoms with Gasteiger partial charge in [0.25, 0.3) is 0 Å². The number of aryl methyl sites for hydroxylation is 1. The number of hydrogen-bond donors (Lipinski definition) is 1. The zero-order valence-corrected chi connectivity index (χ0v) is 13.4. The van der Waals surface area contributed by atoms with Gasteiger partial charge in [0.05, 0.1) is 6.61 Å². The fourth-order valence-electron chi connectivity index (χ4n) is 1.87. The first-order valence-corrected chi connectivity index (χ1v) is 7.44. The second kappa shape index (κ2) is 7.66. The Bertz CT molecular complexity index is 678. The standard InChI is InChI=1S/C18H18ClNO2/c1-3-22-16-8-5-14(6-9-16)18(21)10-11-20-15-7-4-13(2)17(19)12-15/h4-12,20H,3H2,1-2H3/b11-10+. The van der Waals surface area contributed by atoms with Crippen molar-refractivity contribution in [3.05, 3.63) is 70.9 Å². The lowest BCUT2D eigenvalue weighted by Crippen LogP contribution is -1.97. The van der Waals surface area contributed by atoms with Gasteiger partial charge >= 0.3 is 0 Å². The number of halogens is 1. The number of rotatable bonds is 6. The molecule has 0 heterocycles. The van der Waals surface area contributed by atoms with Crippen LogP contribution in [0.4, 0.5) is 5.69 Å². The van der Waals surface area contributed by atoms with E-state index in [1.807, 2.05) is 32.0 Å². The molecule has 1 N–H and O–H groups in total. The minimum Gasteiger partial charge on any atom is -0.494 e. The molecule has 0 aromatic heterocycles. The molecule has 114 valence electrons. The highest BCUT2D eigenvalue weighted by Crippen LogP contribution is 2.20. The van der Waals surface area contributed by atoms with Crippen LogP contribution in [-0.2, 0) is 0 Å². The smallest absolute Gasteiger partial charge is 0.187 e. The van der Waals surface area contributed by atoms with Gasteiger partial charge in [-0.3, -0.25) is 4.79 Å². The molecule has 4 heteroatoms. The lowest BCUT2D eigenvalue weighted by molar-refractivity contribution is 0.104. The molecule has 0 radical (unpaired) electrons. The van der Waals surface area contributed by atoms with Crippen molar-refractivity contribution in [3.63, 3.8) is 0 Å². The van der Waals surface area contributed by atoms with E-state index in [9.17, 15) is 4.79 Å². The minimum absolute atomic E-state index is 0.0752. The third kappa shape index (κ3) is 4.37. The summed E-state index contributed by atoms with van der Waals surface area (Å²) in [5.74, 6) is 0.684. The molecular weight excluding hydrogens is 298 g/mol. The summed E-state index contributed by atoms with van der Waals surface area (Å²) in [6, 6.07) is 12.7. The Morgan fingerprint density at radius 3 is 2.59 bits per heavy atom. The van der Waals surface area contributed by atoms with Gasteiger partial charge < -0.3 is 10.1 Å². The predicted octanol–water partition coefficient (Wildman–Crippen LogP) is 4.86. The van der Waals surface area contributed by atoms with Gasteiger partial charge in [0.1, 0.15) is 5.75 Å². The van der Waals surface area contributed by atoms with Gasteiger partial charge in [-0.15, -0.1) is 0 Å². The van der Waals surface area contributed by atoms with Crippen LogP contribution in [0.1, 0.15) is 22.8 Å². The maximum absolute atomic E-state index is 12.0. The third-order valence-corrected chi connectivity index (χ3v) is 3.51. The monoisotopic (exact) mass is 315 g/mol. The Kier molecular flexibility index (Phi) is 5.61. The van der Waals surface area contributed by atoms with Gasteiger partial charge in [-0.1, -0.05) is 17.7 Å². The molecule has 3 nitrogen and oxygen atoms in total. The number of carbonyl (C=O) groups is 1. The van der Waals surface area contributed by atoms with Crippen molar-refractivity contribution in [2.24, 2.45) is 0 Å². The highest BCUT2D eigenvalue weighted by atomic mass is 35.5. The molecule has 0 amide bonds. The number of hydrogen-bond acceptors (Lipinski definition) is 3. The summed E-state index contributed by atoms with van der Waals surface area (Å²) in [5.41, 5.74) is 2.47. The van der Waals surface area contributed by atoms with E-state index in [-0.39, 0.29) is 5.78 Å². The summed E-state index contributed by atoms with van der Waals surface area (Å²) in [6.45, 7) is 4.47. The molecule has 0 saturated heterocycles. The fraction of sp³-hybridized carbons (Fsp3) is 0.167. The Labute approximate surface area is 135 Å². The van der Waals surface area contributed by atoms with Gasteiger partial charge in [-0.05, 0) is 55.8 Å². The van der Waals surface area contributed by atoms with E-state index in [4.69, 9.17) is 16.3 Å². The topological polar surface area (TPSA) is 38.3 Å². The molecule has 0 unspecified atom stereocenters. The van der Waals surface area contributed by atoms with Crippen molar-refractivity contribution in [2.45, 2.75) is 13.8 Å². The Balaban J connectivity index is 1.97. The predicted molar refractivity (Wildman–Crippen MR) is 90.9 cm³/mol. The van der Waals surface area contributed by atoms with Gasteiger partial charge in [-0.25, -0.2) is 0 Å². The molecular formula is C18H18ClNO2. The number of nitrogens with one attached hydrogen (secondary N) is 1. The summed E-state index contributed by atoms with van der Waals surface area (Å²) >= 11 is 6.05. The number of ether oxygens (including phenoxy) is 1. The van der Waals surface area contributed by atoms with Gasteiger partial charge in [0, 0.05) is 28.5 Å². The van der Waals surface area contributed by atoms with Crippen LogP contribution in [-0.4, -0.2) is 12.4 Å². The maximum Gasteiger partial charge on any atom is 0.187 e. The van der Waals surface area contributed by atoms with Crippen LogP contribution in [0.5, 0.6) is 5.75 Å². The highest BCUT2D eigenvalue weighted by molar-refractivity contribution is 6.31. The van der Waals surface area contributed by atoms with Crippen molar-refractivity contribution < 1.29 is 9.53 Å². The molecule has 0 aliphatic heterocycles. The van der Waals surface area contributed by atoms with Gasteiger partial charge in [0.2, 0.25) is 0 Å². The molecule has 0 bridgehead atoms. The van der Waals surface area contributed by atoms with Crippen LogP contribution in [0.15, 0.2) is 54.7 Å². The maximum atomic E-state index is 12.0. The van der Waals surface area contributed by atoms with Crippen LogP contribution in [0.3, 0.4) is 0 Å². The first-order chi connectivity index (χ1) is 10.6. The number of ketones is 1. The molecule has 0 aliphatic rings. The zero-order chi connectivity index (χ0) is 15.9. The summed E-state index contributed by atoms with van der Waals surface area (Å²) in [6.07, 6.45) is 3.10. The molecule has 0 atom stereocenters. The largest absolute Gasteiger partial charge is 0.494 e. The van der Waals surface area contributed by atoms with Crippen LogP contribution in [0.25, 0.3) is 0 Å². The summed E-state index contributed by atoms with van der Waals surface area (Å²) in [5, 5.41) is 3.73. The van der Waals surface area contributed by atoms with Crippen molar-refractivity contribution >= 4 is 23.1 Å². The number of benzene rings is 2. The van der Waals surface area contributed by atoms with E-state index in [2.05, 4.69) is 5.32 Å². The molecule has 0 spiro atoms. The Morgan fingerprint density at radius 2 is 1.95 bits per heavy atom. The van der Waals surface area contributed by atoms with E-state index in [0.29, 0.717) is 17.2 Å². The van der Waals surface area contributed by atoms with Crippen LogP contribution in [0, 0.1) is 6.92 Å². The molecule has 2 aromatic carbocycles. The Morgan fingerprint density at radius 1 is 1.23 bits per heavy atom. The summed E-state index contributed by atoms with van der Waals surface area (Å²) in [4.78, 5) is 12.0. The average Bonchev–Trinajstić information content (AvgIpc) is 2.52. The first-order valence-electron chi connectivity index (χ1n) is 7.06. The second-order valence-electron chi connectivity index (χ2n) is 4.76. The van der Waals surface area contributed by atoms with E-state index >= 15 is 0 Å². The third-order valence-electron chi connectivity index (χ3n) is 3.11. The molecule has 0 fully saturated rings. The number of allylic oxidation sites excluding steroid dienone is 1. The Hall–Kier alpha value is -2.26. The summed E-state index contributed by atoms with van der Waals surface area (Å²) < 4.78 is 5.35. The fourth-order valence-corrected chi connectivity index (χ4v) is 2.06. The highest BCUT2D eigenvalue weighted by Gasteiger charge is 2.02. The normalized spacial score (nSPS) is 10.7. The average molecular weight is 316 g/mol. The van der Waals surface area contributed by atoms with Crippen LogP contribution in [0.2, 0.25) is 5.02 Å². The molecule has 22 heavy (non-hydrogen) atoms. The molecule has 0 aliphatic carbocycles. The van der Waals surface area contributed by atoms with Crippen molar-refractivity contribution in [1.29, 1.82) is 0 Å². The van der Waals surface area contributed by atoms with E-state index in [1.54, 1.807) is 30.5 Å². The first kappa shape index (κ1) is 16.1. The minimum atomic E-state index is -0.0752. The number of carbonyl (C=O) groups excluding carboxylic acids is 1. The zero-order valence-electron chi connectivity index (χ0n) is 12.6. The van der Waals surface area contributed by atoms with E-state index in [1.165, 1.54) is 6.08 Å². The molecule has 0 saturated carbocycles. The van der Waals surface area contributed by atoms with Crippen molar-refractivity contribution in [3.8, 4) is 5.75 Å². The quantitative estimate of drug-likeness (QED) is 0.611. The van der Waals surface area contributed by atoms with E-state index < -0.39 is 0 Å². The van der Waals surface area contributed by atoms with Crippen LogP contribution < -0.4 is 10.1 Å². The van der Waals surface area contributed by atoms with Crippen LogP contribution >= 0.6 is 11.6 Å². The number of anilines is 1. The molecule has 2 rings (SSSR count). The lowest BCUT2D eigenvalue weighted by Gasteiger charge is -2.04. The van der Waals surface area contributed by atoms with E-state index in [0.717, 1.165) is 17.0 Å². The van der Waals surface area contributed by atoms with Gasteiger partial charge in [0.15, 0.2) is 5.78 Å². The summed E-state index contributed by atoms with van der Waals surface area (Å²) in [7, 11) is 0. The molecule has 2 aromatic rings. The van der Waals surface area contributed by atoms with Gasteiger partial charge in [-0.2, -0.15) is 0 Å². The van der Waals surface area contributed by atoms with Crippen molar-refractivity contribution in [2.75, 3.05) is 11.9 Å². The lowest BCUT2D eigenvalue weighted by atomic mass is 10.1. The second-order valence-corrected chi connectivity index (χ2v) is 5.17. The van der Waals surface area contributed by atoms with Crippen molar-refractivity contribution in [1.82, 2.24) is 0 Å². The SMILES string of the molecule is CCOc1ccc(C(=O)/C=C/Nc2ccc(C)c(Cl)c2)cc1.